The molecule has 1 aliphatic rings. The molecular weight excluding hydrogens is 168 g/mol. The third-order valence-electron chi connectivity index (χ3n) is 2.42. The van der Waals surface area contributed by atoms with Crippen LogP contribution >= 0.6 is 0 Å². The minimum absolute atomic E-state index is 0.0863. The lowest BCUT2D eigenvalue weighted by molar-refractivity contribution is -0.125. The standard InChI is InChI=1S/C9H18N2O2/c1-7(6-12)4-11-5-9(13)10-3-8(11)2/h7-8,12H,3-6H2,1-2H3,(H,10,13). The Morgan fingerprint density at radius 2 is 2.46 bits per heavy atom. The molecule has 4 heteroatoms. The first-order valence-corrected chi connectivity index (χ1v) is 4.75. The summed E-state index contributed by atoms with van der Waals surface area (Å²) in [7, 11) is 0. The van der Waals surface area contributed by atoms with Crippen molar-refractivity contribution in [3.63, 3.8) is 0 Å². The fourth-order valence-electron chi connectivity index (χ4n) is 1.49. The summed E-state index contributed by atoms with van der Waals surface area (Å²) in [6.07, 6.45) is 0. The van der Waals surface area contributed by atoms with E-state index in [9.17, 15) is 4.79 Å². The van der Waals surface area contributed by atoms with Gasteiger partial charge in [-0.3, -0.25) is 9.69 Å². The topological polar surface area (TPSA) is 52.6 Å². The van der Waals surface area contributed by atoms with Gasteiger partial charge in [-0.15, -0.1) is 0 Å². The number of aliphatic hydroxyl groups excluding tert-OH is 1. The van der Waals surface area contributed by atoms with Gasteiger partial charge in [-0.1, -0.05) is 6.92 Å². The molecule has 0 bridgehead atoms. The lowest BCUT2D eigenvalue weighted by atomic mass is 10.1. The van der Waals surface area contributed by atoms with Gasteiger partial charge in [-0.05, 0) is 12.8 Å². The Balaban J connectivity index is 2.41. The first kappa shape index (κ1) is 10.5. The average molecular weight is 186 g/mol. The monoisotopic (exact) mass is 186 g/mol. The van der Waals surface area contributed by atoms with E-state index in [4.69, 9.17) is 5.11 Å². The summed E-state index contributed by atoms with van der Waals surface area (Å²) in [6.45, 7) is 6.24. The average Bonchev–Trinajstić information content (AvgIpc) is 2.11. The highest BCUT2D eigenvalue weighted by Crippen LogP contribution is 2.06. The molecule has 0 aliphatic carbocycles. The minimum Gasteiger partial charge on any atom is -0.396 e. The van der Waals surface area contributed by atoms with Gasteiger partial charge in [0.2, 0.25) is 5.91 Å². The van der Waals surface area contributed by atoms with Crippen LogP contribution in [0.2, 0.25) is 0 Å². The number of aliphatic hydroxyl groups is 1. The summed E-state index contributed by atoms with van der Waals surface area (Å²) >= 11 is 0. The molecule has 0 radical (unpaired) electrons. The first-order chi connectivity index (χ1) is 6.13. The Morgan fingerprint density at radius 1 is 1.77 bits per heavy atom. The minimum atomic E-state index is 0.0863. The second-order valence-electron chi connectivity index (χ2n) is 3.87. The smallest absolute Gasteiger partial charge is 0.234 e. The molecule has 2 N–H and O–H groups in total. The molecule has 13 heavy (non-hydrogen) atoms. The SMILES string of the molecule is CC(CO)CN1CC(=O)NCC1C. The third kappa shape index (κ3) is 2.97. The number of rotatable bonds is 3. The number of nitrogens with zero attached hydrogens (tertiary/aromatic N) is 1. The summed E-state index contributed by atoms with van der Waals surface area (Å²) in [4.78, 5) is 13.2. The molecule has 0 aromatic rings. The van der Waals surface area contributed by atoms with Crippen molar-refractivity contribution in [3.8, 4) is 0 Å². The van der Waals surface area contributed by atoms with Crippen LogP contribution in [0.15, 0.2) is 0 Å². The molecule has 1 aliphatic heterocycles. The zero-order valence-electron chi connectivity index (χ0n) is 8.29. The summed E-state index contributed by atoms with van der Waals surface area (Å²) in [5.74, 6) is 0.330. The maximum atomic E-state index is 11.1. The summed E-state index contributed by atoms with van der Waals surface area (Å²) in [5, 5.41) is 11.7. The van der Waals surface area contributed by atoms with Crippen molar-refractivity contribution in [2.75, 3.05) is 26.2 Å². The fraction of sp³-hybridized carbons (Fsp3) is 0.889. The Labute approximate surface area is 78.9 Å². The van der Waals surface area contributed by atoms with Crippen LogP contribution in [0, 0.1) is 5.92 Å². The first-order valence-electron chi connectivity index (χ1n) is 4.75. The normalized spacial score (nSPS) is 27.0. The van der Waals surface area contributed by atoms with Crippen LogP contribution in [0.5, 0.6) is 0 Å². The van der Waals surface area contributed by atoms with Gasteiger partial charge in [0.1, 0.15) is 0 Å². The Morgan fingerprint density at radius 3 is 3.08 bits per heavy atom. The van der Waals surface area contributed by atoms with E-state index < -0.39 is 0 Å². The van der Waals surface area contributed by atoms with Gasteiger partial charge in [0, 0.05) is 25.7 Å². The van der Waals surface area contributed by atoms with Gasteiger partial charge in [0.15, 0.2) is 0 Å². The van der Waals surface area contributed by atoms with E-state index >= 15 is 0 Å². The maximum Gasteiger partial charge on any atom is 0.234 e. The van der Waals surface area contributed by atoms with Crippen molar-refractivity contribution >= 4 is 5.91 Å². The highest BCUT2D eigenvalue weighted by Gasteiger charge is 2.23. The van der Waals surface area contributed by atoms with Crippen LogP contribution < -0.4 is 5.32 Å². The van der Waals surface area contributed by atoms with Crippen LogP contribution in [-0.2, 0) is 4.79 Å². The lowest BCUT2D eigenvalue weighted by Gasteiger charge is -2.34. The molecule has 1 amide bonds. The highest BCUT2D eigenvalue weighted by molar-refractivity contribution is 5.78. The molecule has 0 saturated carbocycles. The van der Waals surface area contributed by atoms with Crippen LogP contribution in [0.4, 0.5) is 0 Å². The molecule has 2 unspecified atom stereocenters. The molecule has 1 saturated heterocycles. The number of carbonyl (C=O) groups is 1. The van der Waals surface area contributed by atoms with Gasteiger partial charge < -0.3 is 10.4 Å². The Bertz CT molecular complexity index is 184. The lowest BCUT2D eigenvalue weighted by Crippen LogP contribution is -2.54. The largest absolute Gasteiger partial charge is 0.396 e. The van der Waals surface area contributed by atoms with E-state index in [0.29, 0.717) is 12.6 Å². The maximum absolute atomic E-state index is 11.1. The predicted octanol–water partition coefficient (Wildman–Crippen LogP) is -0.565. The molecule has 4 nitrogen and oxygen atoms in total. The molecule has 1 fully saturated rings. The van der Waals surface area contributed by atoms with Crippen molar-refractivity contribution in [2.24, 2.45) is 5.92 Å². The molecule has 0 spiro atoms. The van der Waals surface area contributed by atoms with E-state index in [-0.39, 0.29) is 18.4 Å². The number of carbonyl (C=O) groups excluding carboxylic acids is 1. The van der Waals surface area contributed by atoms with E-state index in [1.807, 2.05) is 6.92 Å². The number of hydrogen-bond donors (Lipinski definition) is 2. The summed E-state index contributed by atoms with van der Waals surface area (Å²) < 4.78 is 0. The molecule has 1 heterocycles. The summed E-state index contributed by atoms with van der Waals surface area (Å²) in [5.41, 5.74) is 0. The Hall–Kier alpha value is -0.610. The van der Waals surface area contributed by atoms with Gasteiger partial charge in [-0.25, -0.2) is 0 Å². The van der Waals surface area contributed by atoms with Crippen LogP contribution in [-0.4, -0.2) is 48.2 Å². The van der Waals surface area contributed by atoms with Gasteiger partial charge in [0.25, 0.3) is 0 Å². The fourth-order valence-corrected chi connectivity index (χ4v) is 1.49. The second kappa shape index (κ2) is 4.58. The van der Waals surface area contributed by atoms with Crippen molar-refractivity contribution in [2.45, 2.75) is 19.9 Å². The predicted molar refractivity (Wildman–Crippen MR) is 50.3 cm³/mol. The van der Waals surface area contributed by atoms with Gasteiger partial charge >= 0.3 is 0 Å². The van der Waals surface area contributed by atoms with Gasteiger partial charge in [-0.2, -0.15) is 0 Å². The molecule has 0 aromatic heterocycles. The number of amides is 1. The van der Waals surface area contributed by atoms with E-state index in [0.717, 1.165) is 13.1 Å². The van der Waals surface area contributed by atoms with Crippen LogP contribution in [0.1, 0.15) is 13.8 Å². The molecular formula is C9H18N2O2. The quantitative estimate of drug-likeness (QED) is 0.621. The second-order valence-corrected chi connectivity index (χ2v) is 3.87. The molecule has 2 atom stereocenters. The van der Waals surface area contributed by atoms with E-state index in [1.54, 1.807) is 0 Å². The third-order valence-corrected chi connectivity index (χ3v) is 2.42. The summed E-state index contributed by atoms with van der Waals surface area (Å²) in [6, 6.07) is 0.381. The molecule has 0 aromatic carbocycles. The number of nitrogens with one attached hydrogen (secondary N) is 1. The number of hydrogen-bond acceptors (Lipinski definition) is 3. The molecule has 76 valence electrons. The number of piperazine rings is 1. The van der Waals surface area contributed by atoms with Crippen LogP contribution in [0.3, 0.4) is 0 Å². The molecule has 1 rings (SSSR count). The van der Waals surface area contributed by atoms with Crippen molar-refractivity contribution < 1.29 is 9.90 Å². The van der Waals surface area contributed by atoms with Crippen molar-refractivity contribution in [1.82, 2.24) is 10.2 Å². The Kier molecular flexibility index (Phi) is 3.69. The van der Waals surface area contributed by atoms with Crippen LogP contribution in [0.25, 0.3) is 0 Å². The van der Waals surface area contributed by atoms with Gasteiger partial charge in [0.05, 0.1) is 6.54 Å². The van der Waals surface area contributed by atoms with E-state index in [2.05, 4.69) is 17.1 Å². The zero-order chi connectivity index (χ0) is 9.84. The zero-order valence-corrected chi connectivity index (χ0v) is 8.29. The van der Waals surface area contributed by atoms with Crippen molar-refractivity contribution in [1.29, 1.82) is 0 Å². The van der Waals surface area contributed by atoms with Crippen molar-refractivity contribution in [3.05, 3.63) is 0 Å². The highest BCUT2D eigenvalue weighted by atomic mass is 16.3. The van der Waals surface area contributed by atoms with E-state index in [1.165, 1.54) is 0 Å².